The van der Waals surface area contributed by atoms with Crippen LogP contribution in [0.5, 0.6) is 11.5 Å². The lowest BCUT2D eigenvalue weighted by Gasteiger charge is -2.05. The highest BCUT2D eigenvalue weighted by Gasteiger charge is 2.16. The third-order valence-corrected chi connectivity index (χ3v) is 4.71. The predicted octanol–water partition coefficient (Wildman–Crippen LogP) is 5.48. The van der Waals surface area contributed by atoms with Crippen LogP contribution in [0.15, 0.2) is 57.9 Å². The minimum Gasteiger partial charge on any atom is -0.504 e. The van der Waals surface area contributed by atoms with Gasteiger partial charge in [-0.05, 0) is 44.2 Å². The van der Waals surface area contributed by atoms with Crippen molar-refractivity contribution in [2.24, 2.45) is 4.99 Å². The molecule has 4 rings (SSSR count). The van der Waals surface area contributed by atoms with Crippen molar-refractivity contribution >= 4 is 28.7 Å². The summed E-state index contributed by atoms with van der Waals surface area (Å²) in [6.07, 6.45) is 1.34. The first-order valence-electron chi connectivity index (χ1n) is 9.43. The molecule has 3 aromatic carbocycles. The molecule has 0 spiro atoms. The van der Waals surface area contributed by atoms with E-state index < -0.39 is 4.92 Å². The molecule has 156 valence electrons. The number of aliphatic imine (C=N–C) groups is 1. The van der Waals surface area contributed by atoms with Gasteiger partial charge in [0.05, 0.1) is 23.8 Å². The maximum Gasteiger partial charge on any atom is 0.274 e. The van der Waals surface area contributed by atoms with Crippen LogP contribution in [0.3, 0.4) is 0 Å². The quantitative estimate of drug-likeness (QED) is 0.261. The molecule has 0 aliphatic carbocycles. The highest BCUT2D eigenvalue weighted by molar-refractivity contribution is 5.89. The topological polar surface area (TPSA) is 111 Å². The number of ether oxygens (including phenoxy) is 1. The van der Waals surface area contributed by atoms with Crippen LogP contribution < -0.4 is 4.74 Å². The molecule has 0 atom stereocenters. The Morgan fingerprint density at radius 3 is 2.55 bits per heavy atom. The lowest BCUT2D eigenvalue weighted by Crippen LogP contribution is -1.94. The van der Waals surface area contributed by atoms with E-state index in [1.807, 2.05) is 26.0 Å². The van der Waals surface area contributed by atoms with Crippen LogP contribution in [0, 0.1) is 24.0 Å². The van der Waals surface area contributed by atoms with E-state index >= 15 is 0 Å². The number of phenolic OH excluding ortho intramolecular Hbond substituents is 1. The highest BCUT2D eigenvalue weighted by atomic mass is 16.6. The first kappa shape index (κ1) is 20.1. The summed E-state index contributed by atoms with van der Waals surface area (Å²) in [4.78, 5) is 19.5. The first-order chi connectivity index (χ1) is 14.8. The lowest BCUT2D eigenvalue weighted by atomic mass is 10.1. The number of hydrogen-bond donors (Lipinski definition) is 1. The second-order valence-corrected chi connectivity index (χ2v) is 7.15. The molecule has 4 aromatic rings. The molecule has 8 nitrogen and oxygen atoms in total. The van der Waals surface area contributed by atoms with E-state index in [0.717, 1.165) is 22.8 Å². The number of nitro groups is 1. The van der Waals surface area contributed by atoms with Crippen LogP contribution in [0.25, 0.3) is 22.6 Å². The van der Waals surface area contributed by atoms with Crippen molar-refractivity contribution in [2.45, 2.75) is 13.8 Å². The summed E-state index contributed by atoms with van der Waals surface area (Å²) < 4.78 is 10.9. The molecule has 0 radical (unpaired) electrons. The summed E-state index contributed by atoms with van der Waals surface area (Å²) >= 11 is 0. The van der Waals surface area contributed by atoms with Gasteiger partial charge in [0.25, 0.3) is 5.69 Å². The van der Waals surface area contributed by atoms with Gasteiger partial charge in [0.1, 0.15) is 5.52 Å². The average Bonchev–Trinajstić information content (AvgIpc) is 3.15. The zero-order valence-corrected chi connectivity index (χ0v) is 17.1. The van der Waals surface area contributed by atoms with E-state index in [9.17, 15) is 15.2 Å². The average molecular weight is 417 g/mol. The Morgan fingerprint density at radius 2 is 1.87 bits per heavy atom. The normalized spacial score (nSPS) is 11.3. The summed E-state index contributed by atoms with van der Waals surface area (Å²) in [6.45, 7) is 4.04. The largest absolute Gasteiger partial charge is 0.504 e. The first-order valence-corrected chi connectivity index (χ1v) is 9.43. The smallest absolute Gasteiger partial charge is 0.274 e. The Labute approximate surface area is 177 Å². The van der Waals surface area contributed by atoms with Gasteiger partial charge in [-0.15, -0.1) is 0 Å². The molecule has 31 heavy (non-hydrogen) atoms. The van der Waals surface area contributed by atoms with Crippen molar-refractivity contribution in [1.29, 1.82) is 0 Å². The molecule has 0 saturated heterocycles. The molecule has 8 heteroatoms. The number of oxazole rings is 1. The number of phenols is 1. The fourth-order valence-corrected chi connectivity index (χ4v) is 3.34. The number of rotatable bonds is 5. The number of aromatic hydroxyl groups is 1. The predicted molar refractivity (Wildman–Crippen MR) is 117 cm³/mol. The van der Waals surface area contributed by atoms with Crippen molar-refractivity contribution < 1.29 is 19.2 Å². The van der Waals surface area contributed by atoms with Gasteiger partial charge in [0, 0.05) is 23.4 Å². The molecule has 0 aliphatic rings. The molecule has 1 aromatic heterocycles. The van der Waals surface area contributed by atoms with Crippen LogP contribution in [0.1, 0.15) is 16.7 Å². The second-order valence-electron chi connectivity index (χ2n) is 7.15. The number of methoxy groups -OCH3 is 1. The van der Waals surface area contributed by atoms with E-state index in [-0.39, 0.29) is 22.7 Å². The lowest BCUT2D eigenvalue weighted by molar-refractivity contribution is -0.385. The summed E-state index contributed by atoms with van der Waals surface area (Å²) in [5.74, 6) is 0.293. The zero-order valence-electron chi connectivity index (χ0n) is 17.1. The summed E-state index contributed by atoms with van der Waals surface area (Å²) in [7, 11) is 1.32. The van der Waals surface area contributed by atoms with Gasteiger partial charge in [-0.2, -0.15) is 0 Å². The third kappa shape index (κ3) is 4.09. The summed E-state index contributed by atoms with van der Waals surface area (Å²) in [5, 5.41) is 21.4. The van der Waals surface area contributed by atoms with E-state index in [0.29, 0.717) is 22.7 Å². The van der Waals surface area contributed by atoms with Crippen LogP contribution in [0.4, 0.5) is 11.4 Å². The zero-order chi connectivity index (χ0) is 22.1. The molecule has 1 N–H and O–H groups in total. The van der Waals surface area contributed by atoms with Crippen LogP contribution >= 0.6 is 0 Å². The molecule has 0 unspecified atom stereocenters. The van der Waals surface area contributed by atoms with Crippen LogP contribution in [0.2, 0.25) is 0 Å². The summed E-state index contributed by atoms with van der Waals surface area (Å²) in [5.41, 5.74) is 4.90. The van der Waals surface area contributed by atoms with Gasteiger partial charge in [-0.3, -0.25) is 15.1 Å². The fraction of sp³-hybridized carbons (Fsp3) is 0.130. The van der Waals surface area contributed by atoms with E-state index in [4.69, 9.17) is 9.15 Å². The summed E-state index contributed by atoms with van der Waals surface area (Å²) in [6, 6.07) is 13.7. The number of nitro benzene ring substituents is 1. The van der Waals surface area contributed by atoms with Gasteiger partial charge in [0.2, 0.25) is 5.89 Å². The molecular formula is C23H19N3O5. The number of aromatic nitrogens is 1. The van der Waals surface area contributed by atoms with Crippen molar-refractivity contribution in [3.63, 3.8) is 0 Å². The Kier molecular flexibility index (Phi) is 5.12. The molecule has 0 amide bonds. The molecular weight excluding hydrogens is 398 g/mol. The van der Waals surface area contributed by atoms with Crippen molar-refractivity contribution in [1.82, 2.24) is 4.98 Å². The highest BCUT2D eigenvalue weighted by Crippen LogP contribution is 2.34. The standard InChI is InChI=1S/C23H19N3O5/c1-13-6-14(2)8-15(7-13)23-25-19-10-17(4-5-20(19)31-23)24-12-16-9-18(26(28)29)11-21(30-3)22(16)27/h4-12,27H,1-3H3. The van der Waals surface area contributed by atoms with Gasteiger partial charge in [-0.1, -0.05) is 17.2 Å². The Morgan fingerprint density at radius 1 is 1.13 bits per heavy atom. The third-order valence-electron chi connectivity index (χ3n) is 4.71. The molecule has 0 saturated carbocycles. The Bertz CT molecular complexity index is 1320. The van der Waals surface area contributed by atoms with Gasteiger partial charge < -0.3 is 14.3 Å². The maximum absolute atomic E-state index is 11.1. The van der Waals surface area contributed by atoms with Gasteiger partial charge in [0.15, 0.2) is 17.1 Å². The fourth-order valence-electron chi connectivity index (χ4n) is 3.34. The number of fused-ring (bicyclic) bond motifs is 1. The molecule has 0 aliphatic heterocycles. The van der Waals surface area contributed by atoms with E-state index in [2.05, 4.69) is 16.0 Å². The van der Waals surface area contributed by atoms with Crippen molar-refractivity contribution in [2.75, 3.05) is 7.11 Å². The molecule has 1 heterocycles. The van der Waals surface area contributed by atoms with Crippen molar-refractivity contribution in [3.8, 4) is 23.0 Å². The Balaban J connectivity index is 1.69. The number of nitrogens with zero attached hydrogens (tertiary/aromatic N) is 3. The van der Waals surface area contributed by atoms with Crippen LogP contribution in [-0.4, -0.2) is 28.3 Å². The number of aryl methyl sites for hydroxylation is 2. The maximum atomic E-state index is 11.1. The SMILES string of the molecule is COc1cc([N+](=O)[O-])cc(C=Nc2ccc3oc(-c4cc(C)cc(C)c4)nc3c2)c1O. The van der Waals surface area contributed by atoms with E-state index in [1.54, 1.807) is 18.2 Å². The Hall–Kier alpha value is -4.20. The van der Waals surface area contributed by atoms with E-state index in [1.165, 1.54) is 19.4 Å². The van der Waals surface area contributed by atoms with Crippen LogP contribution in [-0.2, 0) is 0 Å². The molecule has 0 fully saturated rings. The monoisotopic (exact) mass is 417 g/mol. The second kappa shape index (κ2) is 7.91. The minimum absolute atomic E-state index is 0.000642. The number of non-ortho nitro benzene ring substituents is 1. The van der Waals surface area contributed by atoms with Crippen molar-refractivity contribution in [3.05, 3.63) is 75.3 Å². The van der Waals surface area contributed by atoms with Gasteiger partial charge >= 0.3 is 0 Å². The molecule has 0 bridgehead atoms. The van der Waals surface area contributed by atoms with Gasteiger partial charge in [-0.25, -0.2) is 4.98 Å². The number of benzene rings is 3. The number of hydrogen-bond acceptors (Lipinski definition) is 7. The minimum atomic E-state index is -0.560.